The van der Waals surface area contributed by atoms with Crippen LogP contribution in [0, 0.1) is 5.41 Å². The molecule has 0 spiro atoms. The zero-order valence-corrected chi connectivity index (χ0v) is 20.3. The van der Waals surface area contributed by atoms with Crippen molar-refractivity contribution in [1.82, 2.24) is 15.0 Å². The van der Waals surface area contributed by atoms with Gasteiger partial charge in [-0.15, -0.1) is 0 Å². The molecule has 3 N–H and O–H groups in total. The quantitative estimate of drug-likeness (QED) is 0.219. The van der Waals surface area contributed by atoms with Crippen molar-refractivity contribution in [3.8, 4) is 28.3 Å². The Bertz CT molecular complexity index is 1550. The molecule has 1 unspecified atom stereocenters. The van der Waals surface area contributed by atoms with E-state index in [-0.39, 0.29) is 12.0 Å². The van der Waals surface area contributed by atoms with Crippen molar-refractivity contribution in [2.24, 2.45) is 5.73 Å². The molecule has 1 aromatic heterocycles. The van der Waals surface area contributed by atoms with Gasteiger partial charge < -0.3 is 19.9 Å². The topological polar surface area (TPSA) is 101 Å². The summed E-state index contributed by atoms with van der Waals surface area (Å²) in [6.45, 7) is 1.24. The van der Waals surface area contributed by atoms with Crippen LogP contribution in [0.25, 0.3) is 33.3 Å². The van der Waals surface area contributed by atoms with Crippen LogP contribution in [-0.4, -0.2) is 27.5 Å². The molecule has 6 rings (SSSR count). The Kier molecular flexibility index (Phi) is 6.02. The van der Waals surface area contributed by atoms with Gasteiger partial charge in [-0.3, -0.25) is 5.41 Å². The molecule has 0 saturated carbocycles. The van der Waals surface area contributed by atoms with Crippen molar-refractivity contribution in [3.05, 3.63) is 102 Å². The fourth-order valence-electron chi connectivity index (χ4n) is 4.84. The number of guanidine groups is 1. The number of ether oxygens (including phenoxy) is 1. The van der Waals surface area contributed by atoms with Crippen molar-refractivity contribution in [3.63, 3.8) is 0 Å². The Labute approximate surface area is 215 Å². The SMILES string of the molecule is N=C(N)N1CCCC1c1nc(-c2ccc3cc(OCc4ccc(-c5ccccc5)cc4)ccc3c2)no1. The predicted molar refractivity (Wildman–Crippen MR) is 144 cm³/mol. The summed E-state index contributed by atoms with van der Waals surface area (Å²) in [4.78, 5) is 6.41. The normalized spacial score (nSPS) is 15.2. The maximum absolute atomic E-state index is 7.77. The number of aromatic nitrogens is 2. The lowest BCUT2D eigenvalue weighted by Crippen LogP contribution is -2.35. The molecule has 1 fully saturated rings. The number of rotatable bonds is 6. The average molecular weight is 490 g/mol. The molecule has 1 saturated heterocycles. The Morgan fingerprint density at radius 1 is 0.919 bits per heavy atom. The smallest absolute Gasteiger partial charge is 0.249 e. The van der Waals surface area contributed by atoms with Crippen molar-refractivity contribution in [2.75, 3.05) is 6.54 Å². The molecule has 7 nitrogen and oxygen atoms in total. The number of benzene rings is 4. The van der Waals surface area contributed by atoms with Gasteiger partial charge in [0.25, 0.3) is 0 Å². The highest BCUT2D eigenvalue weighted by molar-refractivity contribution is 5.87. The summed E-state index contributed by atoms with van der Waals surface area (Å²) in [7, 11) is 0. The van der Waals surface area contributed by atoms with Crippen molar-refractivity contribution in [1.29, 1.82) is 5.41 Å². The minimum absolute atomic E-state index is 0.0372. The van der Waals surface area contributed by atoms with Crippen LogP contribution in [0.3, 0.4) is 0 Å². The van der Waals surface area contributed by atoms with E-state index in [0.29, 0.717) is 18.3 Å². The van der Waals surface area contributed by atoms with Gasteiger partial charge >= 0.3 is 0 Å². The molecule has 0 bridgehead atoms. The Morgan fingerprint density at radius 3 is 2.46 bits per heavy atom. The lowest BCUT2D eigenvalue weighted by molar-refractivity contribution is 0.283. The molecular formula is C30H27N5O2. The second-order valence-electron chi connectivity index (χ2n) is 9.27. The van der Waals surface area contributed by atoms with Crippen molar-refractivity contribution < 1.29 is 9.26 Å². The monoisotopic (exact) mass is 489 g/mol. The van der Waals surface area contributed by atoms with Crippen LogP contribution in [0.5, 0.6) is 5.75 Å². The fraction of sp³-hybridized carbons (Fsp3) is 0.167. The molecule has 5 aromatic rings. The number of nitrogens with two attached hydrogens (primary N) is 1. The van der Waals surface area contributed by atoms with Crippen LogP contribution < -0.4 is 10.5 Å². The molecule has 4 aromatic carbocycles. The van der Waals surface area contributed by atoms with E-state index in [9.17, 15) is 0 Å². The summed E-state index contributed by atoms with van der Waals surface area (Å²) >= 11 is 0. The van der Waals surface area contributed by atoms with Gasteiger partial charge in [-0.05, 0) is 58.5 Å². The number of likely N-dealkylation sites (tertiary alicyclic amines) is 1. The van der Waals surface area contributed by atoms with Gasteiger partial charge in [-0.2, -0.15) is 4.98 Å². The summed E-state index contributed by atoms with van der Waals surface area (Å²) < 4.78 is 11.6. The highest BCUT2D eigenvalue weighted by Crippen LogP contribution is 2.32. The summed E-state index contributed by atoms with van der Waals surface area (Å²) in [5.74, 6) is 1.89. The molecule has 1 aliphatic rings. The maximum atomic E-state index is 7.77. The average Bonchev–Trinajstić information content (AvgIpc) is 3.63. The summed E-state index contributed by atoms with van der Waals surface area (Å²) in [5.41, 5.74) is 10.1. The molecule has 7 heteroatoms. The van der Waals surface area contributed by atoms with E-state index in [1.54, 1.807) is 4.90 Å². The Morgan fingerprint density at radius 2 is 1.65 bits per heavy atom. The van der Waals surface area contributed by atoms with Gasteiger partial charge in [0.1, 0.15) is 18.4 Å². The van der Waals surface area contributed by atoms with E-state index in [0.717, 1.165) is 47.0 Å². The molecule has 1 aliphatic heterocycles. The van der Waals surface area contributed by atoms with E-state index >= 15 is 0 Å². The zero-order valence-electron chi connectivity index (χ0n) is 20.3. The van der Waals surface area contributed by atoms with Gasteiger partial charge in [0, 0.05) is 12.1 Å². The number of hydrogen-bond donors (Lipinski definition) is 2. The Hall–Kier alpha value is -4.65. The van der Waals surface area contributed by atoms with Crippen LogP contribution >= 0.6 is 0 Å². The second-order valence-corrected chi connectivity index (χ2v) is 9.27. The first-order chi connectivity index (χ1) is 18.1. The summed E-state index contributed by atoms with van der Waals surface area (Å²) in [5, 5.41) is 14.1. The predicted octanol–water partition coefficient (Wildman–Crippen LogP) is 6.17. The summed E-state index contributed by atoms with van der Waals surface area (Å²) in [6.07, 6.45) is 1.79. The number of nitrogens with zero attached hydrogens (tertiary/aromatic N) is 3. The van der Waals surface area contributed by atoms with Gasteiger partial charge in [0.2, 0.25) is 11.7 Å². The minimum Gasteiger partial charge on any atom is -0.489 e. The first-order valence-corrected chi connectivity index (χ1v) is 12.4. The first kappa shape index (κ1) is 22.8. The van der Waals surface area contributed by atoms with Crippen molar-refractivity contribution >= 4 is 16.7 Å². The molecule has 0 radical (unpaired) electrons. The van der Waals surface area contributed by atoms with Crippen LogP contribution in [-0.2, 0) is 6.61 Å². The molecule has 1 atom stereocenters. The standard InChI is InChI=1S/C30H27N5O2/c31-30(32)35-16-4-7-27(35)29-33-28(34-37-29)25-13-12-24-18-26(15-14-23(24)17-25)36-19-20-8-10-22(11-9-20)21-5-2-1-3-6-21/h1-3,5-6,8-15,17-18,27H,4,7,16,19H2,(H3,31,32). The fourth-order valence-corrected chi connectivity index (χ4v) is 4.84. The van der Waals surface area contributed by atoms with Gasteiger partial charge in [-0.25, -0.2) is 0 Å². The number of fused-ring (bicyclic) bond motifs is 1. The largest absolute Gasteiger partial charge is 0.489 e. The number of nitrogens with one attached hydrogen (secondary N) is 1. The molecule has 0 amide bonds. The van der Waals surface area contributed by atoms with Crippen LogP contribution in [0.15, 0.2) is 95.5 Å². The highest BCUT2D eigenvalue weighted by atomic mass is 16.5. The van der Waals surface area contributed by atoms with Gasteiger partial charge in [0.15, 0.2) is 5.96 Å². The minimum atomic E-state index is -0.131. The van der Waals surface area contributed by atoms with E-state index in [2.05, 4.69) is 46.5 Å². The van der Waals surface area contributed by atoms with Crippen molar-refractivity contribution in [2.45, 2.75) is 25.5 Å². The van der Waals surface area contributed by atoms with E-state index in [4.69, 9.17) is 20.4 Å². The number of hydrogen-bond acceptors (Lipinski definition) is 5. The van der Waals surface area contributed by atoms with E-state index in [1.165, 1.54) is 11.1 Å². The van der Waals surface area contributed by atoms with Crippen LogP contribution in [0.2, 0.25) is 0 Å². The zero-order chi connectivity index (χ0) is 25.2. The highest BCUT2D eigenvalue weighted by Gasteiger charge is 2.31. The summed E-state index contributed by atoms with van der Waals surface area (Å²) in [6, 6.07) is 30.8. The van der Waals surface area contributed by atoms with Crippen LogP contribution in [0.1, 0.15) is 30.3 Å². The molecule has 0 aliphatic carbocycles. The van der Waals surface area contributed by atoms with Gasteiger partial charge in [-0.1, -0.05) is 78.0 Å². The second kappa shape index (κ2) is 9.78. The third-order valence-corrected chi connectivity index (χ3v) is 6.83. The third-order valence-electron chi connectivity index (χ3n) is 6.83. The third kappa shape index (κ3) is 4.76. The lowest BCUT2D eigenvalue weighted by Gasteiger charge is -2.21. The Balaban J connectivity index is 1.14. The van der Waals surface area contributed by atoms with E-state index < -0.39 is 0 Å². The first-order valence-electron chi connectivity index (χ1n) is 12.4. The van der Waals surface area contributed by atoms with Gasteiger partial charge in [0.05, 0.1) is 0 Å². The molecule has 2 heterocycles. The van der Waals surface area contributed by atoms with Crippen LogP contribution in [0.4, 0.5) is 0 Å². The lowest BCUT2D eigenvalue weighted by atomic mass is 10.0. The molecular weight excluding hydrogens is 462 g/mol. The molecule has 37 heavy (non-hydrogen) atoms. The van der Waals surface area contributed by atoms with E-state index in [1.807, 2.05) is 54.6 Å². The molecule has 184 valence electrons. The maximum Gasteiger partial charge on any atom is 0.249 e.